The van der Waals surface area contributed by atoms with Crippen LogP contribution in [0.4, 0.5) is 0 Å². The van der Waals surface area contributed by atoms with E-state index in [0.717, 1.165) is 18.4 Å². The molecular formula is C13H14ClN. The molecule has 78 valence electrons. The predicted octanol–water partition coefficient (Wildman–Crippen LogP) is 4.11. The zero-order valence-corrected chi connectivity index (χ0v) is 9.59. The zero-order chi connectivity index (χ0) is 10.8. The summed E-state index contributed by atoms with van der Waals surface area (Å²) in [5, 5.41) is 0.602. The number of hydrogen-bond acceptors (Lipinski definition) is 1. The van der Waals surface area contributed by atoms with Crippen LogP contribution in [0.15, 0.2) is 42.1 Å². The number of hydrogen-bond donors (Lipinski definition) is 0. The molecule has 0 aromatic carbocycles. The minimum atomic E-state index is 0.307. The second-order valence-corrected chi connectivity index (χ2v) is 4.26. The van der Waals surface area contributed by atoms with Crippen LogP contribution in [0, 0.1) is 0 Å². The molecule has 1 aliphatic carbocycles. The molecule has 0 bridgehead atoms. The highest BCUT2D eigenvalue weighted by atomic mass is 35.5. The molecule has 0 amide bonds. The summed E-state index contributed by atoms with van der Waals surface area (Å²) in [4.78, 5) is 4.11. The maximum absolute atomic E-state index is 6.08. The Morgan fingerprint density at radius 2 is 2.33 bits per heavy atom. The molecule has 0 saturated carbocycles. The van der Waals surface area contributed by atoms with E-state index in [4.69, 9.17) is 11.6 Å². The number of aromatic nitrogens is 1. The highest BCUT2D eigenvalue weighted by molar-refractivity contribution is 6.30. The lowest BCUT2D eigenvalue weighted by Gasteiger charge is -2.15. The van der Waals surface area contributed by atoms with Crippen molar-refractivity contribution in [1.29, 1.82) is 0 Å². The summed E-state index contributed by atoms with van der Waals surface area (Å²) < 4.78 is 0. The lowest BCUT2D eigenvalue weighted by Crippen LogP contribution is -1.99. The van der Waals surface area contributed by atoms with E-state index in [1.165, 1.54) is 11.1 Å². The van der Waals surface area contributed by atoms with E-state index in [0.29, 0.717) is 11.1 Å². The fraction of sp³-hybridized carbons (Fsp3) is 0.308. The summed E-state index contributed by atoms with van der Waals surface area (Å²) in [6, 6.07) is 3.96. The minimum absolute atomic E-state index is 0.307. The lowest BCUT2D eigenvalue weighted by molar-refractivity contribution is 0.897. The van der Waals surface area contributed by atoms with Crippen LogP contribution >= 0.6 is 11.6 Å². The third-order valence-electron chi connectivity index (χ3n) is 2.94. The standard InChI is InChI=1S/C13H14ClN/c1-9-5-3-6-11(9)10(2)12-7-4-8-15-13(12)14/h4,6-8,10H,1,3,5H2,2H3. The third-order valence-corrected chi connectivity index (χ3v) is 3.26. The monoisotopic (exact) mass is 219 g/mol. The molecule has 1 aromatic rings. The Kier molecular flexibility index (Phi) is 2.92. The van der Waals surface area contributed by atoms with E-state index in [1.807, 2.05) is 12.1 Å². The van der Waals surface area contributed by atoms with Crippen molar-refractivity contribution in [2.75, 3.05) is 0 Å². The Morgan fingerprint density at radius 1 is 1.53 bits per heavy atom. The average Bonchev–Trinajstić information content (AvgIpc) is 2.64. The van der Waals surface area contributed by atoms with Crippen molar-refractivity contribution >= 4 is 11.6 Å². The average molecular weight is 220 g/mol. The van der Waals surface area contributed by atoms with Gasteiger partial charge in [-0.3, -0.25) is 0 Å². The van der Waals surface area contributed by atoms with Gasteiger partial charge in [-0.1, -0.05) is 42.8 Å². The van der Waals surface area contributed by atoms with Gasteiger partial charge in [-0.2, -0.15) is 0 Å². The summed E-state index contributed by atoms with van der Waals surface area (Å²) in [6.07, 6.45) is 6.17. The van der Waals surface area contributed by atoms with Crippen LogP contribution in [0.5, 0.6) is 0 Å². The first-order valence-electron chi connectivity index (χ1n) is 5.18. The van der Waals surface area contributed by atoms with Gasteiger partial charge in [0.15, 0.2) is 0 Å². The van der Waals surface area contributed by atoms with Gasteiger partial charge in [0, 0.05) is 12.1 Å². The van der Waals surface area contributed by atoms with E-state index in [1.54, 1.807) is 6.20 Å². The molecule has 1 nitrogen and oxygen atoms in total. The van der Waals surface area contributed by atoms with E-state index < -0.39 is 0 Å². The largest absolute Gasteiger partial charge is 0.244 e. The minimum Gasteiger partial charge on any atom is -0.244 e. The van der Waals surface area contributed by atoms with Gasteiger partial charge < -0.3 is 0 Å². The molecule has 1 heterocycles. The molecule has 1 unspecified atom stereocenters. The van der Waals surface area contributed by atoms with Crippen LogP contribution in [0.3, 0.4) is 0 Å². The maximum Gasteiger partial charge on any atom is 0.132 e. The van der Waals surface area contributed by atoms with Gasteiger partial charge in [-0.25, -0.2) is 4.98 Å². The van der Waals surface area contributed by atoms with E-state index in [-0.39, 0.29) is 0 Å². The van der Waals surface area contributed by atoms with Crippen LogP contribution in [0.1, 0.15) is 31.2 Å². The first kappa shape index (κ1) is 10.4. The van der Waals surface area contributed by atoms with Crippen molar-refractivity contribution in [3.8, 4) is 0 Å². The van der Waals surface area contributed by atoms with Crippen LogP contribution in [-0.4, -0.2) is 4.98 Å². The second-order valence-electron chi connectivity index (χ2n) is 3.91. The number of allylic oxidation sites excluding steroid dienone is 3. The van der Waals surface area contributed by atoms with Gasteiger partial charge in [0.2, 0.25) is 0 Å². The molecule has 2 heteroatoms. The molecule has 2 rings (SSSR count). The molecular weight excluding hydrogens is 206 g/mol. The van der Waals surface area contributed by atoms with Gasteiger partial charge in [0.05, 0.1) is 0 Å². The third kappa shape index (κ3) is 1.98. The predicted molar refractivity (Wildman–Crippen MR) is 64.1 cm³/mol. The number of pyridine rings is 1. The zero-order valence-electron chi connectivity index (χ0n) is 8.83. The molecule has 15 heavy (non-hydrogen) atoms. The van der Waals surface area contributed by atoms with Crippen molar-refractivity contribution in [2.24, 2.45) is 0 Å². The van der Waals surface area contributed by atoms with Crippen molar-refractivity contribution in [3.05, 3.63) is 52.8 Å². The molecule has 1 aromatic heterocycles. The van der Waals surface area contributed by atoms with Crippen molar-refractivity contribution < 1.29 is 0 Å². The fourth-order valence-electron chi connectivity index (χ4n) is 2.06. The van der Waals surface area contributed by atoms with Crippen molar-refractivity contribution in [3.63, 3.8) is 0 Å². The Bertz CT molecular complexity index is 420. The van der Waals surface area contributed by atoms with Crippen LogP contribution < -0.4 is 0 Å². The molecule has 0 fully saturated rings. The Hall–Kier alpha value is -1.08. The van der Waals surface area contributed by atoms with Gasteiger partial charge in [-0.15, -0.1) is 0 Å². The molecule has 0 aliphatic heterocycles. The van der Waals surface area contributed by atoms with Crippen LogP contribution in [0.2, 0.25) is 5.15 Å². The highest BCUT2D eigenvalue weighted by Gasteiger charge is 2.19. The first-order valence-corrected chi connectivity index (χ1v) is 5.56. The van der Waals surface area contributed by atoms with Gasteiger partial charge >= 0.3 is 0 Å². The van der Waals surface area contributed by atoms with Crippen LogP contribution in [-0.2, 0) is 0 Å². The smallest absolute Gasteiger partial charge is 0.132 e. The maximum atomic E-state index is 6.08. The van der Waals surface area contributed by atoms with E-state index in [9.17, 15) is 0 Å². The summed E-state index contributed by atoms with van der Waals surface area (Å²) in [6.45, 7) is 6.24. The Labute approximate surface area is 95.5 Å². The van der Waals surface area contributed by atoms with Gasteiger partial charge in [0.1, 0.15) is 5.15 Å². The molecule has 0 radical (unpaired) electrons. The normalized spacial score (nSPS) is 17.7. The molecule has 1 aliphatic rings. The van der Waals surface area contributed by atoms with Crippen LogP contribution in [0.25, 0.3) is 0 Å². The molecule has 0 spiro atoms. The SMILES string of the molecule is C=C1CCC=C1C(C)c1cccnc1Cl. The molecule has 0 saturated heterocycles. The summed E-state index contributed by atoms with van der Waals surface area (Å²) in [7, 11) is 0. The Balaban J connectivity index is 2.32. The van der Waals surface area contributed by atoms with Gasteiger partial charge in [-0.05, 0) is 30.0 Å². The molecule has 1 atom stereocenters. The molecule has 0 N–H and O–H groups in total. The number of halogens is 1. The summed E-state index contributed by atoms with van der Waals surface area (Å²) in [5.41, 5.74) is 3.65. The highest BCUT2D eigenvalue weighted by Crippen LogP contribution is 2.37. The first-order chi connectivity index (χ1) is 7.20. The lowest BCUT2D eigenvalue weighted by atomic mass is 9.91. The topological polar surface area (TPSA) is 12.9 Å². The fourth-order valence-corrected chi connectivity index (χ4v) is 2.35. The number of rotatable bonds is 2. The Morgan fingerprint density at radius 3 is 2.93 bits per heavy atom. The number of nitrogens with zero attached hydrogens (tertiary/aromatic N) is 1. The summed E-state index contributed by atoms with van der Waals surface area (Å²) >= 11 is 6.08. The summed E-state index contributed by atoms with van der Waals surface area (Å²) in [5.74, 6) is 0.307. The van der Waals surface area contributed by atoms with E-state index >= 15 is 0 Å². The van der Waals surface area contributed by atoms with E-state index in [2.05, 4.69) is 24.6 Å². The van der Waals surface area contributed by atoms with Crippen molar-refractivity contribution in [1.82, 2.24) is 4.98 Å². The van der Waals surface area contributed by atoms with Crippen molar-refractivity contribution in [2.45, 2.75) is 25.7 Å². The second kappa shape index (κ2) is 4.19. The van der Waals surface area contributed by atoms with Gasteiger partial charge in [0.25, 0.3) is 0 Å². The quantitative estimate of drug-likeness (QED) is 0.682.